The van der Waals surface area contributed by atoms with Crippen molar-refractivity contribution < 1.29 is 62.9 Å². The second-order valence-electron chi connectivity index (χ2n) is 7.51. The summed E-state index contributed by atoms with van der Waals surface area (Å²) in [5.41, 5.74) is 0.372. The van der Waals surface area contributed by atoms with Crippen molar-refractivity contribution in [3.05, 3.63) is 54.9 Å². The summed E-state index contributed by atoms with van der Waals surface area (Å²) in [6.07, 6.45) is -8.56. The lowest BCUT2D eigenvalue weighted by Crippen LogP contribution is -2.21. The van der Waals surface area contributed by atoms with Gasteiger partial charge in [0.2, 0.25) is 10.0 Å². The SMILES string of the molecule is CNS(=O)(=O)c1ccc(OCC(F)(F)F)c(Nc2cc(Nc3ccc(OC(F)F)cc3)ncn2)c1.O=C(O)C(F)(F)F. The molecule has 0 aliphatic heterocycles. The minimum Gasteiger partial charge on any atom is -0.482 e. The summed E-state index contributed by atoms with van der Waals surface area (Å²) >= 11 is 0. The molecule has 3 aromatic rings. The Balaban J connectivity index is 0.000000782. The van der Waals surface area contributed by atoms with Crippen molar-refractivity contribution in [2.75, 3.05) is 24.3 Å². The van der Waals surface area contributed by atoms with Crippen LogP contribution < -0.4 is 24.8 Å². The Labute approximate surface area is 231 Å². The first kappa shape index (κ1) is 33.7. The molecule has 0 atom stereocenters. The maximum atomic E-state index is 12.6. The normalized spacial score (nSPS) is 11.8. The highest BCUT2D eigenvalue weighted by Crippen LogP contribution is 2.32. The average molecular weight is 633 g/mol. The summed E-state index contributed by atoms with van der Waals surface area (Å²) in [6, 6.07) is 10.2. The number of carbonyl (C=O) groups is 1. The van der Waals surface area contributed by atoms with Crippen LogP contribution in [0.1, 0.15) is 0 Å². The minimum atomic E-state index is -5.08. The van der Waals surface area contributed by atoms with Gasteiger partial charge in [-0.2, -0.15) is 35.1 Å². The number of rotatable bonds is 10. The Morgan fingerprint density at radius 3 is 2.02 bits per heavy atom. The van der Waals surface area contributed by atoms with Crippen LogP contribution in [0.15, 0.2) is 59.8 Å². The predicted molar refractivity (Wildman–Crippen MR) is 130 cm³/mol. The number of hydrogen-bond donors (Lipinski definition) is 4. The standard InChI is InChI=1S/C20H18F5N5O4S.C2HF3O2/c1-26-35(31,32)14-6-7-16(33-10-20(23,24)25)15(8-14)30-18-9-17(27-11-28-18)29-12-2-4-13(5-3-12)34-19(21)22;3-2(4,5)1(6)7/h2-9,11,19,26H,10H2,1H3,(H2,27,28,29,30);(H,6,7). The van der Waals surface area contributed by atoms with Crippen LogP contribution >= 0.6 is 0 Å². The maximum absolute atomic E-state index is 12.6. The van der Waals surface area contributed by atoms with E-state index in [4.69, 9.17) is 14.6 Å². The first-order chi connectivity index (χ1) is 19.4. The smallest absolute Gasteiger partial charge is 0.482 e. The molecule has 0 aliphatic carbocycles. The highest BCUT2D eigenvalue weighted by molar-refractivity contribution is 7.89. The molecular weight excluding hydrogens is 614 g/mol. The van der Waals surface area contributed by atoms with Gasteiger partial charge in [0.25, 0.3) is 0 Å². The number of nitrogens with zero attached hydrogens (tertiary/aromatic N) is 2. The Kier molecular flexibility index (Phi) is 11.2. The van der Waals surface area contributed by atoms with E-state index in [9.17, 15) is 43.5 Å². The number of alkyl halides is 8. The Hall–Kier alpha value is -4.46. The zero-order chi connectivity index (χ0) is 31.7. The van der Waals surface area contributed by atoms with E-state index in [1.807, 2.05) is 0 Å². The summed E-state index contributed by atoms with van der Waals surface area (Å²) < 4.78 is 130. The molecular formula is C22H19F8N5O6S. The van der Waals surface area contributed by atoms with Gasteiger partial charge in [0.1, 0.15) is 29.5 Å². The maximum Gasteiger partial charge on any atom is 0.490 e. The van der Waals surface area contributed by atoms with E-state index in [1.165, 1.54) is 37.4 Å². The average Bonchev–Trinajstić information content (AvgIpc) is 2.88. The van der Waals surface area contributed by atoms with E-state index in [0.717, 1.165) is 24.5 Å². The van der Waals surface area contributed by atoms with E-state index in [2.05, 4.69) is 30.1 Å². The van der Waals surface area contributed by atoms with Gasteiger partial charge in [-0.15, -0.1) is 0 Å². The van der Waals surface area contributed by atoms with E-state index >= 15 is 0 Å². The lowest BCUT2D eigenvalue weighted by atomic mass is 10.3. The summed E-state index contributed by atoms with van der Waals surface area (Å²) in [5, 5.41) is 12.7. The zero-order valence-electron chi connectivity index (χ0n) is 20.8. The van der Waals surface area contributed by atoms with Crippen molar-refractivity contribution in [1.82, 2.24) is 14.7 Å². The molecule has 1 aromatic heterocycles. The monoisotopic (exact) mass is 633 g/mol. The third-order valence-corrected chi connectivity index (χ3v) is 5.86. The Morgan fingerprint density at radius 1 is 0.952 bits per heavy atom. The topological polar surface area (TPSA) is 152 Å². The molecule has 0 aliphatic rings. The van der Waals surface area contributed by atoms with E-state index < -0.39 is 41.6 Å². The minimum absolute atomic E-state index is 0.0432. The van der Waals surface area contributed by atoms with Crippen molar-refractivity contribution in [3.8, 4) is 11.5 Å². The highest BCUT2D eigenvalue weighted by atomic mass is 32.2. The Morgan fingerprint density at radius 2 is 1.52 bits per heavy atom. The number of aliphatic carboxylic acids is 1. The van der Waals surface area contributed by atoms with Crippen LogP contribution in [-0.4, -0.2) is 62.1 Å². The lowest BCUT2D eigenvalue weighted by molar-refractivity contribution is -0.192. The van der Waals surface area contributed by atoms with Crippen LogP contribution in [0.5, 0.6) is 11.5 Å². The van der Waals surface area contributed by atoms with Crippen LogP contribution in [0.2, 0.25) is 0 Å². The fourth-order valence-corrected chi connectivity index (χ4v) is 3.43. The summed E-state index contributed by atoms with van der Waals surface area (Å²) in [7, 11) is -2.72. The molecule has 4 N–H and O–H groups in total. The molecule has 0 radical (unpaired) electrons. The molecule has 2 aromatic carbocycles. The van der Waals surface area contributed by atoms with Gasteiger partial charge in [0, 0.05) is 11.8 Å². The van der Waals surface area contributed by atoms with Crippen LogP contribution in [0.3, 0.4) is 0 Å². The molecule has 11 nitrogen and oxygen atoms in total. The van der Waals surface area contributed by atoms with Gasteiger partial charge in [0.15, 0.2) is 6.61 Å². The van der Waals surface area contributed by atoms with Crippen LogP contribution in [-0.2, 0) is 14.8 Å². The van der Waals surface area contributed by atoms with Crippen LogP contribution in [0.25, 0.3) is 0 Å². The number of carboxylic acids is 1. The number of hydrogen-bond acceptors (Lipinski definition) is 9. The van der Waals surface area contributed by atoms with Gasteiger partial charge >= 0.3 is 24.9 Å². The number of ether oxygens (including phenoxy) is 2. The van der Waals surface area contributed by atoms with Gasteiger partial charge < -0.3 is 25.2 Å². The third-order valence-electron chi connectivity index (χ3n) is 4.45. The predicted octanol–water partition coefficient (Wildman–Crippen LogP) is 5.05. The molecule has 0 bridgehead atoms. The van der Waals surface area contributed by atoms with E-state index in [0.29, 0.717) is 5.69 Å². The van der Waals surface area contributed by atoms with Crippen molar-refractivity contribution in [2.24, 2.45) is 0 Å². The molecule has 230 valence electrons. The van der Waals surface area contributed by atoms with E-state index in [-0.39, 0.29) is 33.7 Å². The molecule has 3 rings (SSSR count). The number of anilines is 4. The quantitative estimate of drug-likeness (QED) is 0.223. The molecule has 0 spiro atoms. The number of carboxylic acid groups (broad SMARTS) is 1. The Bertz CT molecular complexity index is 1450. The molecule has 0 unspecified atom stereocenters. The molecule has 0 saturated heterocycles. The number of aromatic nitrogens is 2. The fraction of sp³-hybridized carbons (Fsp3) is 0.227. The fourth-order valence-electron chi connectivity index (χ4n) is 2.68. The second kappa shape index (κ2) is 13.9. The lowest BCUT2D eigenvalue weighted by Gasteiger charge is -2.16. The highest BCUT2D eigenvalue weighted by Gasteiger charge is 2.38. The number of halogens is 8. The molecule has 0 fully saturated rings. The zero-order valence-corrected chi connectivity index (χ0v) is 21.6. The number of benzene rings is 2. The molecule has 1 heterocycles. The van der Waals surface area contributed by atoms with Gasteiger partial charge in [-0.05, 0) is 49.5 Å². The number of nitrogens with one attached hydrogen (secondary N) is 3. The molecule has 42 heavy (non-hydrogen) atoms. The van der Waals surface area contributed by atoms with Crippen molar-refractivity contribution in [2.45, 2.75) is 23.9 Å². The second-order valence-corrected chi connectivity index (χ2v) is 9.40. The molecule has 0 amide bonds. The van der Waals surface area contributed by atoms with Crippen molar-refractivity contribution in [3.63, 3.8) is 0 Å². The van der Waals surface area contributed by atoms with Crippen molar-refractivity contribution >= 4 is 39.0 Å². The van der Waals surface area contributed by atoms with Crippen molar-refractivity contribution in [1.29, 1.82) is 0 Å². The van der Waals surface area contributed by atoms with Crippen LogP contribution in [0, 0.1) is 0 Å². The third kappa shape index (κ3) is 11.2. The summed E-state index contributed by atoms with van der Waals surface area (Å²) in [4.78, 5) is 16.7. The molecule has 0 saturated carbocycles. The largest absolute Gasteiger partial charge is 0.490 e. The first-order valence-corrected chi connectivity index (χ1v) is 12.4. The van der Waals surface area contributed by atoms with Crippen LogP contribution in [0.4, 0.5) is 58.1 Å². The van der Waals surface area contributed by atoms with Gasteiger partial charge in [-0.1, -0.05) is 0 Å². The summed E-state index contributed by atoms with van der Waals surface area (Å²) in [6.45, 7) is -4.56. The van der Waals surface area contributed by atoms with Gasteiger partial charge in [-0.25, -0.2) is 27.9 Å². The number of sulfonamides is 1. The molecule has 20 heteroatoms. The first-order valence-electron chi connectivity index (χ1n) is 10.9. The van der Waals surface area contributed by atoms with Gasteiger partial charge in [-0.3, -0.25) is 0 Å². The van der Waals surface area contributed by atoms with E-state index in [1.54, 1.807) is 0 Å². The summed E-state index contributed by atoms with van der Waals surface area (Å²) in [5.74, 6) is -2.73. The van der Waals surface area contributed by atoms with Gasteiger partial charge in [0.05, 0.1) is 10.6 Å².